The first-order valence-electron chi connectivity index (χ1n) is 8.43. The third-order valence-electron chi connectivity index (χ3n) is 3.64. The van der Waals surface area contributed by atoms with Gasteiger partial charge in [0.15, 0.2) is 11.5 Å². The van der Waals surface area contributed by atoms with E-state index < -0.39 is 12.5 Å². The van der Waals surface area contributed by atoms with Gasteiger partial charge in [0.25, 0.3) is 5.91 Å². The minimum atomic E-state index is -3.00. The van der Waals surface area contributed by atoms with Crippen LogP contribution < -0.4 is 20.1 Å². The molecule has 1 aromatic carbocycles. The summed E-state index contributed by atoms with van der Waals surface area (Å²) in [5, 5.41) is 5.30. The van der Waals surface area contributed by atoms with E-state index >= 15 is 0 Å². The summed E-state index contributed by atoms with van der Waals surface area (Å²) in [6, 6.07) is 3.83. The number of carbonyl (C=O) groups is 2. The maximum atomic E-state index is 12.3. The van der Waals surface area contributed by atoms with E-state index in [4.69, 9.17) is 4.74 Å². The highest BCUT2D eigenvalue weighted by Crippen LogP contribution is 2.29. The van der Waals surface area contributed by atoms with E-state index in [1.807, 2.05) is 6.92 Å². The first-order valence-corrected chi connectivity index (χ1v) is 8.43. The molecule has 26 heavy (non-hydrogen) atoms. The van der Waals surface area contributed by atoms with Gasteiger partial charge in [0.05, 0.1) is 13.7 Å². The van der Waals surface area contributed by atoms with E-state index in [2.05, 4.69) is 29.2 Å². The second kappa shape index (κ2) is 10.6. The number of methoxy groups -OCH3 is 1. The van der Waals surface area contributed by atoms with Crippen molar-refractivity contribution in [2.24, 2.45) is 5.92 Å². The highest BCUT2D eigenvalue weighted by Gasteiger charge is 2.15. The Labute approximate surface area is 152 Å². The van der Waals surface area contributed by atoms with Crippen LogP contribution in [0.4, 0.5) is 8.78 Å². The van der Waals surface area contributed by atoms with Crippen LogP contribution in [0.15, 0.2) is 18.2 Å². The molecular formula is C18H26F2N2O4. The smallest absolute Gasteiger partial charge is 0.387 e. The van der Waals surface area contributed by atoms with Crippen molar-refractivity contribution in [1.29, 1.82) is 0 Å². The van der Waals surface area contributed by atoms with Gasteiger partial charge in [-0.3, -0.25) is 9.59 Å². The quantitative estimate of drug-likeness (QED) is 0.662. The number of ether oxygens (including phenoxy) is 2. The lowest BCUT2D eigenvalue weighted by Gasteiger charge is -2.15. The molecule has 0 aromatic heterocycles. The molecule has 0 heterocycles. The molecule has 0 bridgehead atoms. The van der Waals surface area contributed by atoms with Crippen molar-refractivity contribution >= 4 is 11.8 Å². The van der Waals surface area contributed by atoms with Crippen LogP contribution in [-0.2, 0) is 4.79 Å². The summed E-state index contributed by atoms with van der Waals surface area (Å²) in [6.07, 6.45) is 1.86. The second-order valence-corrected chi connectivity index (χ2v) is 6.37. The number of rotatable bonds is 10. The first kappa shape index (κ1) is 21.7. The Morgan fingerprint density at radius 1 is 1.12 bits per heavy atom. The van der Waals surface area contributed by atoms with Crippen LogP contribution >= 0.6 is 0 Å². The molecule has 0 spiro atoms. The molecule has 0 aliphatic carbocycles. The van der Waals surface area contributed by atoms with Gasteiger partial charge < -0.3 is 20.1 Å². The van der Waals surface area contributed by atoms with E-state index in [0.29, 0.717) is 5.92 Å². The zero-order chi connectivity index (χ0) is 19.7. The molecule has 1 aromatic rings. The Bertz CT molecular complexity index is 609. The van der Waals surface area contributed by atoms with Crippen LogP contribution in [0.3, 0.4) is 0 Å². The van der Waals surface area contributed by atoms with E-state index in [-0.39, 0.29) is 35.6 Å². The van der Waals surface area contributed by atoms with Gasteiger partial charge in [-0.05, 0) is 43.9 Å². The van der Waals surface area contributed by atoms with Gasteiger partial charge >= 0.3 is 6.61 Å². The maximum Gasteiger partial charge on any atom is 0.387 e. The standard InChI is InChI=1S/C18H26F2N2O4/c1-11(2)5-6-12(3)22-16(23)10-21-17(24)13-7-8-14(26-18(19)20)15(9-13)25-4/h7-9,11-12,18H,5-6,10H2,1-4H3,(H,21,24)(H,22,23). The third kappa shape index (κ3) is 7.67. The van der Waals surface area contributed by atoms with Crippen molar-refractivity contribution in [3.8, 4) is 11.5 Å². The van der Waals surface area contributed by atoms with Crippen molar-refractivity contribution in [1.82, 2.24) is 10.6 Å². The number of amides is 2. The summed E-state index contributed by atoms with van der Waals surface area (Å²) in [4.78, 5) is 24.0. The molecule has 0 saturated carbocycles. The Morgan fingerprint density at radius 3 is 2.38 bits per heavy atom. The first-order chi connectivity index (χ1) is 12.2. The number of hydrogen-bond donors (Lipinski definition) is 2. The fraction of sp³-hybridized carbons (Fsp3) is 0.556. The zero-order valence-electron chi connectivity index (χ0n) is 15.5. The average Bonchev–Trinajstić information content (AvgIpc) is 2.57. The zero-order valence-corrected chi connectivity index (χ0v) is 15.5. The van der Waals surface area contributed by atoms with Gasteiger partial charge in [-0.2, -0.15) is 8.78 Å². The summed E-state index contributed by atoms with van der Waals surface area (Å²) >= 11 is 0. The average molecular weight is 372 g/mol. The summed E-state index contributed by atoms with van der Waals surface area (Å²) in [7, 11) is 1.28. The summed E-state index contributed by atoms with van der Waals surface area (Å²) < 4.78 is 33.9. The Kier molecular flexibility index (Phi) is 8.81. The van der Waals surface area contributed by atoms with Gasteiger partial charge in [0.2, 0.25) is 5.91 Å². The molecule has 0 aliphatic rings. The van der Waals surface area contributed by atoms with Crippen LogP contribution in [0.5, 0.6) is 11.5 Å². The molecule has 8 heteroatoms. The predicted molar refractivity (Wildman–Crippen MR) is 93.6 cm³/mol. The lowest BCUT2D eigenvalue weighted by atomic mass is 10.0. The highest BCUT2D eigenvalue weighted by atomic mass is 19.3. The van der Waals surface area contributed by atoms with Crippen molar-refractivity contribution in [3.05, 3.63) is 23.8 Å². The molecule has 1 rings (SSSR count). The number of nitrogens with one attached hydrogen (secondary N) is 2. The number of benzene rings is 1. The molecule has 1 unspecified atom stereocenters. The Balaban J connectivity index is 2.55. The van der Waals surface area contributed by atoms with Crippen LogP contribution in [-0.4, -0.2) is 38.1 Å². The van der Waals surface area contributed by atoms with Crippen LogP contribution in [0.1, 0.15) is 44.0 Å². The minimum absolute atomic E-state index is 0.00436. The molecule has 0 fully saturated rings. The van der Waals surface area contributed by atoms with E-state index in [1.54, 1.807) is 0 Å². The third-order valence-corrected chi connectivity index (χ3v) is 3.64. The van der Waals surface area contributed by atoms with E-state index in [1.165, 1.54) is 25.3 Å². The molecule has 2 amide bonds. The second-order valence-electron chi connectivity index (χ2n) is 6.37. The molecule has 146 valence electrons. The van der Waals surface area contributed by atoms with Gasteiger partial charge in [-0.25, -0.2) is 0 Å². The van der Waals surface area contributed by atoms with Gasteiger partial charge in [0.1, 0.15) is 0 Å². The maximum absolute atomic E-state index is 12.3. The highest BCUT2D eigenvalue weighted by molar-refractivity contribution is 5.97. The summed E-state index contributed by atoms with van der Waals surface area (Å²) in [6.45, 7) is 2.96. The number of hydrogen-bond acceptors (Lipinski definition) is 4. The number of halogens is 2. The predicted octanol–water partition coefficient (Wildman–Crippen LogP) is 2.97. The van der Waals surface area contributed by atoms with Gasteiger partial charge in [-0.1, -0.05) is 13.8 Å². The molecule has 0 saturated heterocycles. The number of carbonyl (C=O) groups excluding carboxylic acids is 2. The van der Waals surface area contributed by atoms with E-state index in [0.717, 1.165) is 12.8 Å². The van der Waals surface area contributed by atoms with Crippen LogP contribution in [0.2, 0.25) is 0 Å². The van der Waals surface area contributed by atoms with Crippen LogP contribution in [0.25, 0.3) is 0 Å². The lowest BCUT2D eigenvalue weighted by molar-refractivity contribution is -0.120. The van der Waals surface area contributed by atoms with Crippen LogP contribution in [0, 0.1) is 5.92 Å². The molecule has 6 nitrogen and oxygen atoms in total. The Morgan fingerprint density at radius 2 is 1.81 bits per heavy atom. The van der Waals surface area contributed by atoms with E-state index in [9.17, 15) is 18.4 Å². The monoisotopic (exact) mass is 372 g/mol. The molecular weight excluding hydrogens is 346 g/mol. The van der Waals surface area contributed by atoms with Crippen molar-refractivity contribution in [2.75, 3.05) is 13.7 Å². The molecule has 0 aliphatic heterocycles. The number of alkyl halides is 2. The summed E-state index contributed by atoms with van der Waals surface area (Å²) in [5.74, 6) is -0.419. The lowest BCUT2D eigenvalue weighted by Crippen LogP contribution is -2.41. The fourth-order valence-electron chi connectivity index (χ4n) is 2.25. The fourth-order valence-corrected chi connectivity index (χ4v) is 2.25. The topological polar surface area (TPSA) is 76.7 Å². The molecule has 2 N–H and O–H groups in total. The molecule has 0 radical (unpaired) electrons. The summed E-state index contributed by atoms with van der Waals surface area (Å²) in [5.41, 5.74) is 0.170. The van der Waals surface area contributed by atoms with Gasteiger partial charge in [-0.15, -0.1) is 0 Å². The van der Waals surface area contributed by atoms with Gasteiger partial charge in [0, 0.05) is 11.6 Å². The SMILES string of the molecule is COc1cc(C(=O)NCC(=O)NC(C)CCC(C)C)ccc1OC(F)F. The minimum Gasteiger partial charge on any atom is -0.493 e. The van der Waals surface area contributed by atoms with Crippen molar-refractivity contribution < 1.29 is 27.8 Å². The normalized spacial score (nSPS) is 12.0. The Hall–Kier alpha value is -2.38. The van der Waals surface area contributed by atoms with Crippen molar-refractivity contribution in [3.63, 3.8) is 0 Å². The van der Waals surface area contributed by atoms with Crippen molar-refractivity contribution in [2.45, 2.75) is 46.3 Å². The largest absolute Gasteiger partial charge is 0.493 e. The molecule has 1 atom stereocenters.